The third-order valence-corrected chi connectivity index (χ3v) is 9.39. The minimum absolute atomic E-state index is 0.100. The summed E-state index contributed by atoms with van der Waals surface area (Å²) in [5.41, 5.74) is 6.29. The number of morpholine rings is 1. The number of nitrogens with zero attached hydrogens (tertiary/aromatic N) is 3. The van der Waals surface area contributed by atoms with Crippen LogP contribution in [0.1, 0.15) is 52.9 Å². The summed E-state index contributed by atoms with van der Waals surface area (Å²) in [5.74, 6) is -0.519. The maximum absolute atomic E-state index is 11.7. The van der Waals surface area contributed by atoms with E-state index < -0.39 is 5.97 Å². The summed E-state index contributed by atoms with van der Waals surface area (Å²) in [6.45, 7) is 12.9. The van der Waals surface area contributed by atoms with Crippen LogP contribution < -0.4 is 0 Å². The molecule has 3 atom stereocenters. The van der Waals surface area contributed by atoms with Gasteiger partial charge in [-0.3, -0.25) is 4.90 Å². The number of aliphatic carboxylic acids is 1. The van der Waals surface area contributed by atoms with Crippen LogP contribution in [0.2, 0.25) is 0 Å². The van der Waals surface area contributed by atoms with E-state index in [1.807, 2.05) is 17.2 Å². The zero-order valence-corrected chi connectivity index (χ0v) is 26.7. The molecule has 7 nitrogen and oxygen atoms in total. The lowest BCUT2D eigenvalue weighted by molar-refractivity contribution is -0.132. The molecule has 0 aromatic carbocycles. The summed E-state index contributed by atoms with van der Waals surface area (Å²) in [5, 5.41) is 9.57. The third-order valence-electron chi connectivity index (χ3n) is 9.39. The van der Waals surface area contributed by atoms with E-state index in [0.29, 0.717) is 18.6 Å². The van der Waals surface area contributed by atoms with Gasteiger partial charge in [0.15, 0.2) is 0 Å². The molecule has 3 aliphatic heterocycles. The topological polar surface area (TPSA) is 65.5 Å². The van der Waals surface area contributed by atoms with E-state index >= 15 is 0 Å². The van der Waals surface area contributed by atoms with Gasteiger partial charge in [0.25, 0.3) is 0 Å². The molecule has 0 spiro atoms. The van der Waals surface area contributed by atoms with Crippen molar-refractivity contribution in [2.24, 2.45) is 5.92 Å². The highest BCUT2D eigenvalue weighted by molar-refractivity contribution is 5.90. The summed E-state index contributed by atoms with van der Waals surface area (Å²) in [6, 6.07) is 0.461. The van der Waals surface area contributed by atoms with Crippen molar-refractivity contribution in [3.8, 4) is 0 Å². The third kappa shape index (κ3) is 8.20. The largest absolute Gasteiger partial charge is 0.478 e. The van der Waals surface area contributed by atoms with Crippen LogP contribution in [-0.2, 0) is 14.3 Å². The Morgan fingerprint density at radius 1 is 1.16 bits per heavy atom. The second-order valence-corrected chi connectivity index (χ2v) is 12.3. The van der Waals surface area contributed by atoms with Gasteiger partial charge >= 0.3 is 5.97 Å². The standard InChI is InChI=1S/C37H49N3O4/c1-4-28(2)29(3)35-15-13-31(37(41)42)26-40(35)20-17-30-9-7-11-34(12-8-10-30)44-27-32-25-33(38-18-5-6-19-38)14-16-36(32)39-21-23-43-24-22-39/h7-9,11-13,15-17,20,25-26,28,33-34H,4-6,10,14,18-19,21-24,27H2,1-3H3,(H,41,42)/b11-7?,12-8-,20-17+,30-9+,35-29+. The maximum Gasteiger partial charge on any atom is 0.337 e. The Morgan fingerprint density at radius 2 is 1.95 bits per heavy atom. The molecule has 2 aliphatic carbocycles. The van der Waals surface area contributed by atoms with Gasteiger partial charge < -0.3 is 24.4 Å². The second-order valence-electron chi connectivity index (χ2n) is 12.3. The molecule has 5 rings (SSSR count). The summed E-state index contributed by atoms with van der Waals surface area (Å²) >= 11 is 0. The smallest absolute Gasteiger partial charge is 0.337 e. The van der Waals surface area contributed by atoms with Crippen molar-refractivity contribution in [3.05, 3.63) is 107 Å². The van der Waals surface area contributed by atoms with Gasteiger partial charge in [0.1, 0.15) is 0 Å². The van der Waals surface area contributed by atoms with E-state index in [2.05, 4.69) is 79.2 Å². The van der Waals surface area contributed by atoms with Crippen LogP contribution in [0.15, 0.2) is 107 Å². The van der Waals surface area contributed by atoms with Crippen molar-refractivity contribution < 1.29 is 19.4 Å². The van der Waals surface area contributed by atoms with Crippen LogP contribution in [0.5, 0.6) is 0 Å². The lowest BCUT2D eigenvalue weighted by atomic mass is 9.96. The fourth-order valence-electron chi connectivity index (χ4n) is 6.35. The van der Waals surface area contributed by atoms with E-state index in [-0.39, 0.29) is 11.7 Å². The van der Waals surface area contributed by atoms with Gasteiger partial charge in [-0.2, -0.15) is 0 Å². The fraction of sp³-hybridized carbons (Fsp3) is 0.486. The van der Waals surface area contributed by atoms with Crippen LogP contribution >= 0.6 is 0 Å². The number of rotatable bonds is 10. The molecule has 0 aromatic heterocycles. The minimum Gasteiger partial charge on any atom is -0.478 e. The molecule has 236 valence electrons. The number of carbonyl (C=O) groups is 1. The molecule has 1 N–H and O–H groups in total. The molecule has 44 heavy (non-hydrogen) atoms. The highest BCUT2D eigenvalue weighted by Gasteiger charge is 2.27. The molecule has 2 saturated heterocycles. The quantitative estimate of drug-likeness (QED) is 0.288. The zero-order valence-electron chi connectivity index (χ0n) is 26.7. The summed E-state index contributed by atoms with van der Waals surface area (Å²) in [7, 11) is 0. The van der Waals surface area contributed by atoms with E-state index in [1.165, 1.54) is 42.8 Å². The van der Waals surface area contributed by atoms with Crippen molar-refractivity contribution >= 4 is 5.97 Å². The SMILES string of the molecule is CCC(C)/C(C)=C1\C=CC(C(=O)O)=CN1/C=C/C1=C/C=CC(OCC2=CC(N3CCCC3)CC=C2N2CCOCC2)/C=C\C1. The zero-order chi connectivity index (χ0) is 30.9. The molecule has 0 saturated carbocycles. The first-order valence-corrected chi connectivity index (χ1v) is 16.4. The Morgan fingerprint density at radius 3 is 2.70 bits per heavy atom. The van der Waals surface area contributed by atoms with Crippen LogP contribution in [0.3, 0.4) is 0 Å². The molecule has 0 bridgehead atoms. The molecule has 0 amide bonds. The molecule has 3 unspecified atom stereocenters. The lowest BCUT2D eigenvalue weighted by Crippen LogP contribution is -2.39. The molecule has 0 radical (unpaired) electrons. The van der Waals surface area contributed by atoms with Gasteiger partial charge in [0.05, 0.1) is 31.5 Å². The van der Waals surface area contributed by atoms with E-state index in [1.54, 1.807) is 12.3 Å². The van der Waals surface area contributed by atoms with Crippen LogP contribution in [-0.4, -0.2) is 83.9 Å². The normalized spacial score (nSPS) is 28.5. The van der Waals surface area contributed by atoms with Gasteiger partial charge in [-0.05, 0) is 93.0 Å². The Hall–Kier alpha value is -3.39. The second kappa shape index (κ2) is 15.6. The summed E-state index contributed by atoms with van der Waals surface area (Å²) in [4.78, 5) is 18.7. The molecule has 7 heteroatoms. The van der Waals surface area contributed by atoms with Crippen molar-refractivity contribution in [3.63, 3.8) is 0 Å². The van der Waals surface area contributed by atoms with E-state index in [0.717, 1.165) is 56.8 Å². The van der Waals surface area contributed by atoms with Gasteiger partial charge in [0, 0.05) is 42.9 Å². The van der Waals surface area contributed by atoms with Crippen molar-refractivity contribution in [2.75, 3.05) is 46.0 Å². The lowest BCUT2D eigenvalue weighted by Gasteiger charge is -2.36. The van der Waals surface area contributed by atoms with Gasteiger partial charge in [0.2, 0.25) is 0 Å². The molecular formula is C37H49N3O4. The average Bonchev–Trinajstić information content (AvgIpc) is 3.58. The molecule has 5 aliphatic rings. The maximum atomic E-state index is 11.7. The fourth-order valence-corrected chi connectivity index (χ4v) is 6.35. The number of ether oxygens (including phenoxy) is 2. The predicted molar refractivity (Wildman–Crippen MR) is 176 cm³/mol. The van der Waals surface area contributed by atoms with Gasteiger partial charge in [-0.1, -0.05) is 56.4 Å². The Balaban J connectivity index is 1.25. The van der Waals surface area contributed by atoms with Crippen LogP contribution in [0, 0.1) is 5.92 Å². The monoisotopic (exact) mass is 599 g/mol. The summed E-state index contributed by atoms with van der Waals surface area (Å²) in [6.07, 6.45) is 30.2. The minimum atomic E-state index is -0.926. The highest BCUT2D eigenvalue weighted by Crippen LogP contribution is 2.29. The Bertz CT molecular complexity index is 1320. The molecule has 2 fully saturated rings. The predicted octanol–water partition coefficient (Wildman–Crippen LogP) is 6.50. The number of allylic oxidation sites excluding steroid dienone is 7. The molecule has 0 aromatic rings. The van der Waals surface area contributed by atoms with Crippen molar-refractivity contribution in [2.45, 2.75) is 65.0 Å². The Labute approximate surface area is 263 Å². The number of hydrogen-bond donors (Lipinski definition) is 1. The van der Waals surface area contributed by atoms with Gasteiger partial charge in [-0.25, -0.2) is 4.79 Å². The number of carboxylic acids is 1. The average molecular weight is 600 g/mol. The van der Waals surface area contributed by atoms with Crippen LogP contribution in [0.4, 0.5) is 0 Å². The summed E-state index contributed by atoms with van der Waals surface area (Å²) < 4.78 is 12.1. The first-order valence-electron chi connectivity index (χ1n) is 16.4. The van der Waals surface area contributed by atoms with E-state index in [4.69, 9.17) is 9.47 Å². The van der Waals surface area contributed by atoms with Crippen LogP contribution in [0.25, 0.3) is 0 Å². The van der Waals surface area contributed by atoms with Crippen molar-refractivity contribution in [1.82, 2.24) is 14.7 Å². The highest BCUT2D eigenvalue weighted by atomic mass is 16.5. The molecular weight excluding hydrogens is 550 g/mol. The first kappa shape index (κ1) is 32.0. The first-order chi connectivity index (χ1) is 21.4. The number of likely N-dealkylation sites (tertiary alicyclic amines) is 1. The van der Waals surface area contributed by atoms with E-state index in [9.17, 15) is 9.90 Å². The van der Waals surface area contributed by atoms with Crippen molar-refractivity contribution in [1.29, 1.82) is 0 Å². The van der Waals surface area contributed by atoms with Gasteiger partial charge in [-0.15, -0.1) is 0 Å². The number of carboxylic acid groups (broad SMARTS) is 1. The molecule has 3 heterocycles. The Kier molecular flexibility index (Phi) is 11.3. The number of hydrogen-bond acceptors (Lipinski definition) is 6.